The normalized spacial score (nSPS) is 11.5. The van der Waals surface area contributed by atoms with Crippen LogP contribution in [0.15, 0.2) is 83.8 Å². The Labute approximate surface area is 198 Å². The van der Waals surface area contributed by atoms with E-state index in [1.165, 1.54) is 12.1 Å². The number of rotatable bonds is 8. The third-order valence-corrected chi connectivity index (χ3v) is 6.95. The summed E-state index contributed by atoms with van der Waals surface area (Å²) in [5.74, 6) is -1.21. The fraction of sp³-hybridized carbons (Fsp3) is 0.154. The van der Waals surface area contributed by atoms with Crippen molar-refractivity contribution in [2.24, 2.45) is 7.05 Å². The summed E-state index contributed by atoms with van der Waals surface area (Å²) < 4.78 is 34.0. The van der Waals surface area contributed by atoms with Crippen LogP contribution in [0, 0.1) is 6.92 Å². The average Bonchev–Trinajstić information content (AvgIpc) is 3.14. The Kier molecular flexibility index (Phi) is 6.63. The van der Waals surface area contributed by atoms with Crippen molar-refractivity contribution >= 4 is 32.7 Å². The number of carbonyl (C=O) groups is 2. The third-order valence-electron chi connectivity index (χ3n) is 5.54. The summed E-state index contributed by atoms with van der Waals surface area (Å²) >= 11 is 0. The van der Waals surface area contributed by atoms with Gasteiger partial charge in [-0.3, -0.25) is 9.59 Å². The molecule has 174 valence electrons. The lowest BCUT2D eigenvalue weighted by Crippen LogP contribution is -2.31. The number of Topliss-reactive ketones (excluding diaryl/α,β-unsaturated/α-hetero) is 1. The van der Waals surface area contributed by atoms with Gasteiger partial charge in [0.2, 0.25) is 15.8 Å². The molecule has 1 heterocycles. The average molecular weight is 477 g/mol. The van der Waals surface area contributed by atoms with Gasteiger partial charge in [-0.15, -0.1) is 0 Å². The van der Waals surface area contributed by atoms with Gasteiger partial charge >= 0.3 is 5.97 Å². The third kappa shape index (κ3) is 4.78. The highest BCUT2D eigenvalue weighted by molar-refractivity contribution is 7.89. The number of ether oxygens (including phenoxy) is 1. The summed E-state index contributed by atoms with van der Waals surface area (Å²) in [5.41, 5.74) is 3.84. The number of nitrogens with zero attached hydrogens (tertiary/aromatic N) is 1. The first-order chi connectivity index (χ1) is 16.3. The molecule has 0 fully saturated rings. The number of para-hydroxylation sites is 1. The number of esters is 1. The molecule has 0 radical (unpaired) electrons. The molecule has 4 rings (SSSR count). The molecule has 0 aliphatic heterocycles. The molecule has 0 unspecified atom stereocenters. The molecule has 0 aliphatic rings. The van der Waals surface area contributed by atoms with Gasteiger partial charge in [-0.25, -0.2) is 8.42 Å². The first-order valence-corrected chi connectivity index (χ1v) is 12.1. The van der Waals surface area contributed by atoms with Crippen molar-refractivity contribution in [3.05, 3.63) is 90.0 Å². The number of nitrogens with one attached hydrogen (secondary N) is 1. The Bertz CT molecular complexity index is 1460. The van der Waals surface area contributed by atoms with Crippen LogP contribution in [0.1, 0.15) is 15.9 Å². The van der Waals surface area contributed by atoms with Crippen LogP contribution >= 0.6 is 0 Å². The van der Waals surface area contributed by atoms with E-state index >= 15 is 0 Å². The molecule has 1 aromatic heterocycles. The van der Waals surface area contributed by atoms with Gasteiger partial charge in [0, 0.05) is 18.0 Å². The number of ketones is 1. The van der Waals surface area contributed by atoms with Gasteiger partial charge in [0.15, 0.2) is 6.61 Å². The molecular weight excluding hydrogens is 452 g/mol. The standard InChI is InChI=1S/C26H24N2O5S/c1-18-12-14-20(15-13-18)34(31,32)27-16-24(30)33-17-23(29)25-21-10-6-7-11-22(21)28(2)26(25)19-8-4-3-5-9-19/h3-15,27H,16-17H2,1-2H3. The molecule has 0 saturated carbocycles. The monoisotopic (exact) mass is 476 g/mol. The quantitative estimate of drug-likeness (QED) is 0.308. The largest absolute Gasteiger partial charge is 0.456 e. The summed E-state index contributed by atoms with van der Waals surface area (Å²) in [6, 6.07) is 23.3. The second-order valence-electron chi connectivity index (χ2n) is 7.89. The maximum atomic E-state index is 13.2. The topological polar surface area (TPSA) is 94.5 Å². The molecule has 8 heteroatoms. The van der Waals surface area contributed by atoms with E-state index in [4.69, 9.17) is 4.74 Å². The molecule has 0 amide bonds. The van der Waals surface area contributed by atoms with Crippen LogP contribution in [0.25, 0.3) is 22.2 Å². The molecule has 0 saturated heterocycles. The number of sulfonamides is 1. The van der Waals surface area contributed by atoms with E-state index in [2.05, 4.69) is 4.72 Å². The number of aryl methyl sites for hydroxylation is 2. The fourth-order valence-corrected chi connectivity index (χ4v) is 4.80. The number of fused-ring (bicyclic) bond motifs is 1. The van der Waals surface area contributed by atoms with Crippen molar-refractivity contribution in [3.8, 4) is 11.3 Å². The van der Waals surface area contributed by atoms with Crippen LogP contribution in [0.5, 0.6) is 0 Å². The number of aromatic nitrogens is 1. The van der Waals surface area contributed by atoms with E-state index in [1.54, 1.807) is 12.1 Å². The summed E-state index contributed by atoms with van der Waals surface area (Å²) in [6.45, 7) is 0.765. The molecule has 0 aliphatic carbocycles. The van der Waals surface area contributed by atoms with Gasteiger partial charge in [0.1, 0.15) is 6.54 Å². The van der Waals surface area contributed by atoms with Crippen LogP contribution in [-0.4, -0.2) is 37.9 Å². The highest BCUT2D eigenvalue weighted by Crippen LogP contribution is 2.33. The van der Waals surface area contributed by atoms with Crippen LogP contribution in [0.3, 0.4) is 0 Å². The Hall–Kier alpha value is -3.75. The highest BCUT2D eigenvalue weighted by atomic mass is 32.2. The van der Waals surface area contributed by atoms with Gasteiger partial charge in [0.25, 0.3) is 0 Å². The maximum Gasteiger partial charge on any atom is 0.321 e. The Morgan fingerprint density at radius 1 is 0.912 bits per heavy atom. The fourth-order valence-electron chi connectivity index (χ4n) is 3.83. The van der Waals surface area contributed by atoms with E-state index in [0.29, 0.717) is 5.56 Å². The Morgan fingerprint density at radius 3 is 2.26 bits per heavy atom. The molecule has 0 spiro atoms. The van der Waals surface area contributed by atoms with Crippen molar-refractivity contribution in [3.63, 3.8) is 0 Å². The smallest absolute Gasteiger partial charge is 0.321 e. The van der Waals surface area contributed by atoms with Crippen molar-refractivity contribution in [2.75, 3.05) is 13.2 Å². The lowest BCUT2D eigenvalue weighted by molar-refractivity contribution is -0.141. The predicted molar refractivity (Wildman–Crippen MR) is 130 cm³/mol. The minimum Gasteiger partial charge on any atom is -0.456 e. The molecule has 0 atom stereocenters. The molecule has 4 aromatic rings. The summed E-state index contributed by atoms with van der Waals surface area (Å²) in [5, 5.41) is 0.755. The van der Waals surface area contributed by atoms with Gasteiger partial charge in [-0.1, -0.05) is 66.2 Å². The number of hydrogen-bond acceptors (Lipinski definition) is 5. The minimum atomic E-state index is -3.87. The zero-order chi connectivity index (χ0) is 24.3. The number of benzene rings is 3. The zero-order valence-corrected chi connectivity index (χ0v) is 19.6. The molecule has 1 N–H and O–H groups in total. The first-order valence-electron chi connectivity index (χ1n) is 10.7. The molecule has 34 heavy (non-hydrogen) atoms. The predicted octanol–water partition coefficient (Wildman–Crippen LogP) is 3.86. The lowest BCUT2D eigenvalue weighted by atomic mass is 10.0. The first kappa shape index (κ1) is 23.4. The minimum absolute atomic E-state index is 0.0465. The van der Waals surface area contributed by atoms with E-state index < -0.39 is 29.1 Å². The van der Waals surface area contributed by atoms with Crippen molar-refractivity contribution in [1.82, 2.24) is 9.29 Å². The van der Waals surface area contributed by atoms with E-state index in [1.807, 2.05) is 73.1 Å². The maximum absolute atomic E-state index is 13.2. The van der Waals surface area contributed by atoms with Crippen LogP contribution in [-0.2, 0) is 26.6 Å². The van der Waals surface area contributed by atoms with Crippen molar-refractivity contribution < 1.29 is 22.7 Å². The van der Waals surface area contributed by atoms with Crippen LogP contribution < -0.4 is 4.72 Å². The highest BCUT2D eigenvalue weighted by Gasteiger charge is 2.23. The molecule has 0 bridgehead atoms. The van der Waals surface area contributed by atoms with Crippen molar-refractivity contribution in [2.45, 2.75) is 11.8 Å². The van der Waals surface area contributed by atoms with E-state index in [9.17, 15) is 18.0 Å². The molecule has 3 aromatic carbocycles. The molecular formula is C26H24N2O5S. The zero-order valence-electron chi connectivity index (χ0n) is 18.8. The van der Waals surface area contributed by atoms with Crippen molar-refractivity contribution in [1.29, 1.82) is 0 Å². The summed E-state index contributed by atoms with van der Waals surface area (Å²) in [7, 11) is -1.99. The lowest BCUT2D eigenvalue weighted by Gasteiger charge is -2.09. The SMILES string of the molecule is Cc1ccc(S(=O)(=O)NCC(=O)OCC(=O)c2c(-c3ccccc3)n(C)c3ccccc23)cc1. The number of carbonyl (C=O) groups excluding carboxylic acids is 2. The Morgan fingerprint density at radius 2 is 1.56 bits per heavy atom. The van der Waals surface area contributed by atoms with E-state index in [-0.39, 0.29) is 10.7 Å². The number of hydrogen-bond donors (Lipinski definition) is 1. The van der Waals surface area contributed by atoms with Crippen LogP contribution in [0.4, 0.5) is 0 Å². The van der Waals surface area contributed by atoms with E-state index in [0.717, 1.165) is 27.7 Å². The second-order valence-corrected chi connectivity index (χ2v) is 9.65. The summed E-state index contributed by atoms with van der Waals surface area (Å²) in [6.07, 6.45) is 0. The van der Waals surface area contributed by atoms with Gasteiger partial charge in [-0.2, -0.15) is 4.72 Å². The Balaban J connectivity index is 1.50. The second kappa shape index (κ2) is 9.62. The molecule has 7 nitrogen and oxygen atoms in total. The van der Waals surface area contributed by atoms with Gasteiger partial charge in [-0.05, 0) is 30.7 Å². The van der Waals surface area contributed by atoms with Gasteiger partial charge in [0.05, 0.1) is 16.2 Å². The summed E-state index contributed by atoms with van der Waals surface area (Å²) in [4.78, 5) is 25.5. The van der Waals surface area contributed by atoms with Crippen LogP contribution in [0.2, 0.25) is 0 Å². The van der Waals surface area contributed by atoms with Gasteiger partial charge < -0.3 is 9.30 Å².